The number of hydrogen-bond acceptors (Lipinski definition) is 4. The van der Waals surface area contributed by atoms with E-state index in [4.69, 9.17) is 23.2 Å². The number of carbonyl (C=O) groups is 3. The van der Waals surface area contributed by atoms with Gasteiger partial charge in [-0.05, 0) is 55.1 Å². The van der Waals surface area contributed by atoms with Gasteiger partial charge < -0.3 is 5.11 Å². The predicted molar refractivity (Wildman–Crippen MR) is 108 cm³/mol. The molecule has 158 valence electrons. The van der Waals surface area contributed by atoms with Gasteiger partial charge in [-0.3, -0.25) is 14.4 Å². The van der Waals surface area contributed by atoms with Crippen molar-refractivity contribution in [2.45, 2.75) is 56.0 Å². The molecule has 4 aliphatic carbocycles. The van der Waals surface area contributed by atoms with E-state index in [1.165, 1.54) is 6.08 Å². The molecule has 0 aliphatic heterocycles. The Kier molecular flexibility index (Phi) is 4.74. The fourth-order valence-electron chi connectivity index (χ4n) is 7.00. The lowest BCUT2D eigenvalue weighted by Crippen LogP contribution is -2.69. The summed E-state index contributed by atoms with van der Waals surface area (Å²) in [6.45, 7) is 7.04. The van der Waals surface area contributed by atoms with Crippen LogP contribution >= 0.6 is 23.2 Å². The Morgan fingerprint density at radius 3 is 2.62 bits per heavy atom. The topological polar surface area (TPSA) is 71.4 Å². The first-order chi connectivity index (χ1) is 13.4. The van der Waals surface area contributed by atoms with Crippen LogP contribution in [0.3, 0.4) is 0 Å². The van der Waals surface area contributed by atoms with E-state index in [0.29, 0.717) is 18.4 Å². The molecule has 0 saturated heterocycles. The summed E-state index contributed by atoms with van der Waals surface area (Å²) >= 11 is 14.1. The third-order valence-electron chi connectivity index (χ3n) is 8.33. The fraction of sp³-hybridized carbons (Fsp3) is 0.682. The molecule has 4 nitrogen and oxygen atoms in total. The third kappa shape index (κ3) is 2.44. The number of alkyl halides is 3. The number of allylic oxidation sites excluding steroid dienone is 2. The van der Waals surface area contributed by atoms with Gasteiger partial charge in [-0.25, -0.2) is 4.39 Å². The lowest BCUT2D eigenvalue weighted by Gasteiger charge is -2.63. The van der Waals surface area contributed by atoms with Crippen LogP contribution in [0.5, 0.6) is 0 Å². The van der Waals surface area contributed by atoms with Crippen LogP contribution in [0.15, 0.2) is 23.8 Å². The predicted octanol–water partition coefficient (Wildman–Crippen LogP) is 3.57. The number of fused-ring (bicyclic) bond motifs is 5. The molecule has 2 unspecified atom stereocenters. The number of rotatable bonds is 2. The summed E-state index contributed by atoms with van der Waals surface area (Å²) < 4.78 is 15.4. The Hall–Kier alpha value is -1.04. The Balaban J connectivity index is 1.88. The maximum atomic E-state index is 15.4. The van der Waals surface area contributed by atoms with Gasteiger partial charge in [0.2, 0.25) is 0 Å². The molecule has 4 rings (SSSR count). The summed E-state index contributed by atoms with van der Waals surface area (Å²) in [4.78, 5) is 36.3. The summed E-state index contributed by atoms with van der Waals surface area (Å²) in [6, 6.07) is 0. The van der Waals surface area contributed by atoms with Gasteiger partial charge >= 0.3 is 0 Å². The van der Waals surface area contributed by atoms with E-state index in [2.05, 4.69) is 6.58 Å². The van der Waals surface area contributed by atoms with E-state index >= 15 is 4.39 Å². The van der Waals surface area contributed by atoms with Crippen LogP contribution in [-0.4, -0.2) is 45.5 Å². The minimum absolute atomic E-state index is 0.0439. The van der Waals surface area contributed by atoms with Gasteiger partial charge in [0.05, 0.1) is 22.1 Å². The average Bonchev–Trinajstić information content (AvgIpc) is 2.90. The highest BCUT2D eigenvalue weighted by atomic mass is 35.5. The SMILES string of the molecule is C=C1C[C@H]2[C@@H]3CC(F)C4=CC(=O)CC(=O)[C@]4(C)[C@@]3(Cl)C(Cl)C[C@]2(C)[C@H]1C(=O)CO. The zero-order chi connectivity index (χ0) is 21.5. The minimum atomic E-state index is -1.47. The molecule has 0 heterocycles. The number of ketones is 3. The molecular weight excluding hydrogens is 418 g/mol. The second-order valence-electron chi connectivity index (χ2n) is 9.57. The average molecular weight is 443 g/mol. The van der Waals surface area contributed by atoms with Crippen molar-refractivity contribution in [2.75, 3.05) is 6.61 Å². The van der Waals surface area contributed by atoms with Gasteiger partial charge in [-0.1, -0.05) is 19.1 Å². The van der Waals surface area contributed by atoms with Crippen LogP contribution in [0.25, 0.3) is 0 Å². The van der Waals surface area contributed by atoms with E-state index in [0.717, 1.165) is 0 Å². The van der Waals surface area contributed by atoms with E-state index in [-0.39, 0.29) is 30.1 Å². The van der Waals surface area contributed by atoms with Crippen molar-refractivity contribution in [1.82, 2.24) is 0 Å². The second kappa shape index (κ2) is 6.48. The summed E-state index contributed by atoms with van der Waals surface area (Å²) in [7, 11) is 0. The van der Waals surface area contributed by atoms with Crippen LogP contribution in [0.4, 0.5) is 4.39 Å². The molecule has 0 aromatic heterocycles. The molecule has 0 aromatic carbocycles. The van der Waals surface area contributed by atoms with Crippen molar-refractivity contribution in [2.24, 2.45) is 28.6 Å². The monoisotopic (exact) mass is 442 g/mol. The lowest BCUT2D eigenvalue weighted by atomic mass is 9.45. The van der Waals surface area contributed by atoms with Crippen molar-refractivity contribution < 1.29 is 23.9 Å². The van der Waals surface area contributed by atoms with Crippen LogP contribution in [0.2, 0.25) is 0 Å². The molecular formula is C22H25Cl2FO4. The zero-order valence-corrected chi connectivity index (χ0v) is 18.0. The molecule has 0 amide bonds. The van der Waals surface area contributed by atoms with Gasteiger partial charge in [0.1, 0.15) is 12.8 Å². The minimum Gasteiger partial charge on any atom is -0.389 e. The van der Waals surface area contributed by atoms with Crippen LogP contribution in [0.1, 0.15) is 39.5 Å². The van der Waals surface area contributed by atoms with Crippen LogP contribution < -0.4 is 0 Å². The number of hydrogen-bond donors (Lipinski definition) is 1. The number of aliphatic hydroxyl groups is 1. The highest BCUT2D eigenvalue weighted by Crippen LogP contribution is 2.71. The fourth-order valence-corrected chi connectivity index (χ4v) is 8.25. The first-order valence-electron chi connectivity index (χ1n) is 9.99. The Bertz CT molecular complexity index is 869. The molecule has 0 bridgehead atoms. The largest absolute Gasteiger partial charge is 0.389 e. The molecule has 3 fully saturated rings. The molecule has 1 N–H and O–H groups in total. The second-order valence-corrected chi connectivity index (χ2v) is 10.7. The molecule has 0 aromatic rings. The normalized spacial score (nSPS) is 49.2. The van der Waals surface area contributed by atoms with Crippen molar-refractivity contribution in [1.29, 1.82) is 0 Å². The van der Waals surface area contributed by atoms with Gasteiger partial charge in [0, 0.05) is 5.92 Å². The van der Waals surface area contributed by atoms with Gasteiger partial charge in [0.25, 0.3) is 0 Å². The Labute approximate surface area is 179 Å². The van der Waals surface area contributed by atoms with Gasteiger partial charge in [0.15, 0.2) is 17.3 Å². The van der Waals surface area contributed by atoms with E-state index in [9.17, 15) is 19.5 Å². The van der Waals surface area contributed by atoms with Crippen molar-refractivity contribution >= 4 is 40.6 Å². The van der Waals surface area contributed by atoms with E-state index in [1.54, 1.807) is 6.92 Å². The molecule has 0 radical (unpaired) electrons. The standard InChI is InChI=1S/C22H25Cl2FO4/c1-10-4-12-13-7-15(25)14-5-11(27)6-18(29)21(14,3)22(13,24)17(23)8-20(12,2)19(10)16(28)9-26/h5,12-13,15,17,19,26H,1,4,6-9H2,2-3H3/t12-,13-,15?,17?,19+,20-,21+,22-/m0/s1. The number of carbonyl (C=O) groups excluding carboxylic acids is 3. The van der Waals surface area contributed by atoms with E-state index in [1.807, 2.05) is 6.92 Å². The highest BCUT2D eigenvalue weighted by Gasteiger charge is 2.73. The first-order valence-corrected chi connectivity index (χ1v) is 10.8. The maximum Gasteiger partial charge on any atom is 0.165 e. The van der Waals surface area contributed by atoms with Crippen molar-refractivity contribution in [3.05, 3.63) is 23.8 Å². The van der Waals surface area contributed by atoms with Crippen molar-refractivity contribution in [3.63, 3.8) is 0 Å². The number of aliphatic hydroxyl groups excluding tert-OH is 1. The summed E-state index contributed by atoms with van der Waals surface area (Å²) in [5.41, 5.74) is -1.15. The molecule has 0 spiro atoms. The van der Waals surface area contributed by atoms with Crippen LogP contribution in [0, 0.1) is 28.6 Å². The number of Topliss-reactive ketones (excluding diaryl/α,β-unsaturated/α-hetero) is 2. The third-order valence-corrected chi connectivity index (χ3v) is 9.86. The summed E-state index contributed by atoms with van der Waals surface area (Å²) in [5, 5.41) is 8.76. The van der Waals surface area contributed by atoms with Crippen LogP contribution in [-0.2, 0) is 14.4 Å². The Morgan fingerprint density at radius 1 is 1.34 bits per heavy atom. The molecule has 4 aliphatic rings. The number of halogens is 3. The first kappa shape index (κ1) is 21.2. The molecule has 29 heavy (non-hydrogen) atoms. The Morgan fingerprint density at radius 2 is 2.00 bits per heavy atom. The smallest absolute Gasteiger partial charge is 0.165 e. The van der Waals surface area contributed by atoms with Gasteiger partial charge in [-0.2, -0.15) is 0 Å². The van der Waals surface area contributed by atoms with Gasteiger partial charge in [-0.15, -0.1) is 23.2 Å². The highest BCUT2D eigenvalue weighted by molar-refractivity contribution is 6.35. The van der Waals surface area contributed by atoms with E-state index < -0.39 is 57.3 Å². The molecule has 8 atom stereocenters. The quantitative estimate of drug-likeness (QED) is 0.403. The molecule has 7 heteroatoms. The zero-order valence-electron chi connectivity index (χ0n) is 16.5. The summed E-state index contributed by atoms with van der Waals surface area (Å²) in [6.07, 6.45) is 0.327. The maximum absolute atomic E-state index is 15.4. The molecule has 3 saturated carbocycles. The lowest BCUT2D eigenvalue weighted by molar-refractivity contribution is -0.141. The van der Waals surface area contributed by atoms with Crippen molar-refractivity contribution in [3.8, 4) is 0 Å². The summed E-state index contributed by atoms with van der Waals surface area (Å²) in [5.74, 6) is -2.33.